The Morgan fingerprint density at radius 2 is 2.00 bits per heavy atom. The van der Waals surface area contributed by atoms with E-state index >= 15 is 0 Å². The molecule has 1 aromatic carbocycles. The summed E-state index contributed by atoms with van der Waals surface area (Å²) in [6, 6.07) is 4.45. The monoisotopic (exact) mass is 314 g/mol. The van der Waals surface area contributed by atoms with Crippen molar-refractivity contribution in [2.75, 3.05) is 13.1 Å². The number of rotatable bonds is 6. The van der Waals surface area contributed by atoms with Crippen LogP contribution in [0.1, 0.15) is 25.7 Å². The molecule has 0 unspecified atom stereocenters. The normalized spacial score (nSPS) is 15.7. The first-order valence-corrected chi connectivity index (χ1v) is 8.21. The van der Waals surface area contributed by atoms with E-state index in [4.69, 9.17) is 5.26 Å². The summed E-state index contributed by atoms with van der Waals surface area (Å²) in [5.41, 5.74) is 0. The van der Waals surface area contributed by atoms with Gasteiger partial charge in [-0.3, -0.25) is 0 Å². The summed E-state index contributed by atoms with van der Waals surface area (Å²) in [6.07, 6.45) is 3.05. The first-order chi connectivity index (χ1) is 9.95. The van der Waals surface area contributed by atoms with Crippen molar-refractivity contribution in [3.05, 3.63) is 29.8 Å². The third kappa shape index (κ3) is 3.57. The highest BCUT2D eigenvalue weighted by molar-refractivity contribution is 7.89. The first kappa shape index (κ1) is 15.9. The van der Waals surface area contributed by atoms with E-state index in [-0.39, 0.29) is 23.8 Å². The summed E-state index contributed by atoms with van der Waals surface area (Å²) in [4.78, 5) is -0.279. The summed E-state index contributed by atoms with van der Waals surface area (Å²) in [5, 5.41) is 8.66. The minimum atomic E-state index is -3.91. The molecule has 1 saturated carbocycles. The number of halogens is 2. The number of nitrogens with zero attached hydrogens (tertiary/aromatic N) is 2. The lowest BCUT2D eigenvalue weighted by molar-refractivity contribution is 0.247. The molecular formula is C14H16F2N2O2S. The van der Waals surface area contributed by atoms with Gasteiger partial charge in [0.25, 0.3) is 0 Å². The second kappa shape index (κ2) is 6.50. The second-order valence-electron chi connectivity index (χ2n) is 5.14. The Labute approximate surface area is 123 Å². The molecule has 0 atom stereocenters. The Kier molecular flexibility index (Phi) is 4.91. The summed E-state index contributed by atoms with van der Waals surface area (Å²) < 4.78 is 52.4. The van der Waals surface area contributed by atoms with E-state index in [1.807, 2.05) is 6.07 Å². The third-order valence-electron chi connectivity index (χ3n) is 3.69. The van der Waals surface area contributed by atoms with Gasteiger partial charge in [0.05, 0.1) is 11.0 Å². The van der Waals surface area contributed by atoms with E-state index in [1.165, 1.54) is 4.31 Å². The van der Waals surface area contributed by atoms with Gasteiger partial charge >= 0.3 is 0 Å². The van der Waals surface area contributed by atoms with Gasteiger partial charge in [0.2, 0.25) is 10.0 Å². The lowest BCUT2D eigenvalue weighted by Crippen LogP contribution is -2.38. The van der Waals surface area contributed by atoms with Crippen molar-refractivity contribution in [2.45, 2.75) is 30.6 Å². The molecule has 1 aromatic rings. The van der Waals surface area contributed by atoms with E-state index in [9.17, 15) is 17.2 Å². The van der Waals surface area contributed by atoms with Gasteiger partial charge in [0.1, 0.15) is 0 Å². The fourth-order valence-electron chi connectivity index (χ4n) is 2.23. The van der Waals surface area contributed by atoms with Gasteiger partial charge in [0.15, 0.2) is 11.6 Å². The van der Waals surface area contributed by atoms with Crippen LogP contribution in [-0.4, -0.2) is 25.8 Å². The Hall–Kier alpha value is -1.52. The van der Waals surface area contributed by atoms with E-state index < -0.39 is 21.7 Å². The fourth-order valence-corrected chi connectivity index (χ4v) is 3.76. The summed E-state index contributed by atoms with van der Waals surface area (Å²) in [6.45, 7) is 0.386. The van der Waals surface area contributed by atoms with Crippen LogP contribution < -0.4 is 0 Å². The molecule has 0 radical (unpaired) electrons. The number of benzene rings is 1. The predicted octanol–water partition coefficient (Wildman–Crippen LogP) is 2.67. The minimum Gasteiger partial charge on any atom is -0.207 e. The van der Waals surface area contributed by atoms with Gasteiger partial charge in [-0.25, -0.2) is 17.2 Å². The molecule has 1 aliphatic rings. The molecule has 4 nitrogen and oxygen atoms in total. The Morgan fingerprint density at radius 3 is 2.52 bits per heavy atom. The molecule has 0 aliphatic heterocycles. The molecule has 1 aliphatic carbocycles. The van der Waals surface area contributed by atoms with Crippen LogP contribution in [-0.2, 0) is 10.0 Å². The van der Waals surface area contributed by atoms with E-state index in [2.05, 4.69) is 0 Å². The molecule has 21 heavy (non-hydrogen) atoms. The molecule has 0 heterocycles. The highest BCUT2D eigenvalue weighted by atomic mass is 32.2. The van der Waals surface area contributed by atoms with E-state index in [0.717, 1.165) is 31.4 Å². The van der Waals surface area contributed by atoms with Gasteiger partial charge in [0, 0.05) is 19.5 Å². The van der Waals surface area contributed by atoms with Crippen molar-refractivity contribution < 1.29 is 17.2 Å². The quantitative estimate of drug-likeness (QED) is 0.811. The molecule has 0 N–H and O–H groups in total. The molecule has 0 amide bonds. The molecule has 0 saturated heterocycles. The second-order valence-corrected chi connectivity index (χ2v) is 7.08. The highest BCUT2D eigenvalue weighted by Gasteiger charge is 2.29. The molecule has 7 heteroatoms. The highest BCUT2D eigenvalue weighted by Crippen LogP contribution is 2.29. The van der Waals surface area contributed by atoms with Crippen LogP contribution in [0.4, 0.5) is 8.78 Å². The number of hydrogen-bond donors (Lipinski definition) is 0. The summed E-state index contributed by atoms with van der Waals surface area (Å²) in [7, 11) is -3.91. The largest absolute Gasteiger partial charge is 0.243 e. The van der Waals surface area contributed by atoms with Crippen molar-refractivity contribution in [3.8, 4) is 6.07 Å². The maximum atomic E-state index is 13.3. The summed E-state index contributed by atoms with van der Waals surface area (Å²) in [5.74, 6) is -2.00. The van der Waals surface area contributed by atoms with Gasteiger partial charge in [-0.1, -0.05) is 6.42 Å². The topological polar surface area (TPSA) is 61.2 Å². The van der Waals surface area contributed by atoms with Crippen molar-refractivity contribution in [3.63, 3.8) is 0 Å². The molecule has 2 rings (SSSR count). The van der Waals surface area contributed by atoms with Crippen molar-refractivity contribution in [1.29, 1.82) is 5.26 Å². The molecule has 0 spiro atoms. The van der Waals surface area contributed by atoms with Crippen LogP contribution in [0.3, 0.4) is 0 Å². The third-order valence-corrected chi connectivity index (χ3v) is 5.55. The Morgan fingerprint density at radius 1 is 1.29 bits per heavy atom. The zero-order valence-corrected chi connectivity index (χ0v) is 12.2. The maximum Gasteiger partial charge on any atom is 0.243 e. The first-order valence-electron chi connectivity index (χ1n) is 6.77. The number of sulfonamides is 1. The number of hydrogen-bond acceptors (Lipinski definition) is 3. The van der Waals surface area contributed by atoms with Gasteiger partial charge in [-0.05, 0) is 37.0 Å². The summed E-state index contributed by atoms with van der Waals surface area (Å²) >= 11 is 0. The van der Waals surface area contributed by atoms with Crippen LogP contribution in [0.5, 0.6) is 0 Å². The van der Waals surface area contributed by atoms with E-state index in [0.29, 0.717) is 12.6 Å². The van der Waals surface area contributed by atoms with Crippen LogP contribution in [0.15, 0.2) is 23.1 Å². The van der Waals surface area contributed by atoms with Crippen LogP contribution in [0.25, 0.3) is 0 Å². The maximum absolute atomic E-state index is 13.3. The average molecular weight is 314 g/mol. The minimum absolute atomic E-state index is 0.0638. The lowest BCUT2D eigenvalue weighted by atomic mass is 9.85. The zero-order valence-electron chi connectivity index (χ0n) is 11.4. The predicted molar refractivity (Wildman–Crippen MR) is 72.7 cm³/mol. The van der Waals surface area contributed by atoms with Crippen LogP contribution in [0, 0.1) is 28.9 Å². The Balaban J connectivity index is 2.26. The molecule has 0 aromatic heterocycles. The Bertz CT molecular complexity index is 651. The van der Waals surface area contributed by atoms with Crippen LogP contribution in [0.2, 0.25) is 0 Å². The molecule has 114 valence electrons. The fraction of sp³-hybridized carbons (Fsp3) is 0.500. The molecular weight excluding hydrogens is 298 g/mol. The van der Waals surface area contributed by atoms with E-state index in [1.54, 1.807) is 0 Å². The lowest BCUT2D eigenvalue weighted by Gasteiger charge is -2.31. The smallest absolute Gasteiger partial charge is 0.207 e. The van der Waals surface area contributed by atoms with Gasteiger partial charge in [-0.15, -0.1) is 0 Å². The van der Waals surface area contributed by atoms with Crippen molar-refractivity contribution in [2.24, 2.45) is 5.92 Å². The van der Waals surface area contributed by atoms with Gasteiger partial charge < -0.3 is 0 Å². The standard InChI is InChI=1S/C14H16F2N2O2S/c15-13-6-5-12(9-14(13)16)21(19,20)18(8-2-7-17)10-11-3-1-4-11/h5-6,9,11H,1-4,8,10H2. The van der Waals surface area contributed by atoms with Crippen molar-refractivity contribution in [1.82, 2.24) is 4.31 Å². The SMILES string of the molecule is N#CCCN(CC1CCC1)S(=O)(=O)c1ccc(F)c(F)c1. The average Bonchev–Trinajstić information content (AvgIpc) is 2.39. The van der Waals surface area contributed by atoms with Gasteiger partial charge in [-0.2, -0.15) is 9.57 Å². The molecule has 1 fully saturated rings. The zero-order chi connectivity index (χ0) is 15.5. The van der Waals surface area contributed by atoms with Crippen LogP contribution >= 0.6 is 0 Å². The van der Waals surface area contributed by atoms with Crippen molar-refractivity contribution >= 4 is 10.0 Å². The number of nitriles is 1. The molecule has 0 bridgehead atoms.